The van der Waals surface area contributed by atoms with Crippen LogP contribution in [0.3, 0.4) is 0 Å². The molecular weight excluding hydrogens is 544 g/mol. The molecule has 2 rings (SSSR count). The largest absolute Gasteiger partial charge is 0.497 e. The summed E-state index contributed by atoms with van der Waals surface area (Å²) in [4.78, 5) is 4.55. The van der Waals surface area contributed by atoms with Gasteiger partial charge in [-0.15, -0.1) is 24.0 Å². The zero-order valence-electron chi connectivity index (χ0n) is 19.2. The monoisotopic (exact) mass is 577 g/mol. The van der Waals surface area contributed by atoms with Gasteiger partial charge in [-0.25, -0.2) is 17.8 Å². The molecule has 0 heterocycles. The molecule has 0 saturated carbocycles. The second kappa shape index (κ2) is 12.4. The number of ether oxygens (including phenoxy) is 1. The lowest BCUT2D eigenvalue weighted by Crippen LogP contribution is -2.43. The first-order chi connectivity index (χ1) is 14.5. The number of nitrogens with zero attached hydrogens (tertiary/aromatic N) is 1. The van der Waals surface area contributed by atoms with Gasteiger partial charge in [-0.05, 0) is 47.9 Å². The van der Waals surface area contributed by atoms with E-state index in [9.17, 15) is 12.8 Å². The average Bonchev–Trinajstić information content (AvgIpc) is 2.71. The summed E-state index contributed by atoms with van der Waals surface area (Å²) in [6.45, 7) is 7.66. The first-order valence-corrected chi connectivity index (χ1v) is 12.2. The molecular formula is C23H33FIN3O3S. The van der Waals surface area contributed by atoms with Crippen LogP contribution >= 0.6 is 24.0 Å². The number of hydrogen-bond donors (Lipinski definition) is 2. The van der Waals surface area contributed by atoms with Crippen molar-refractivity contribution in [1.29, 1.82) is 0 Å². The Hall–Kier alpha value is -1.88. The SMILES string of the molecule is CCNC(=NCc1cc(F)ccc1CS(C)(=O)=O)NCC(C)(C)c1ccc(OC)cc1.I. The zero-order chi connectivity index (χ0) is 23.1. The topological polar surface area (TPSA) is 79.8 Å². The van der Waals surface area contributed by atoms with Crippen LogP contribution in [0.2, 0.25) is 0 Å². The van der Waals surface area contributed by atoms with E-state index < -0.39 is 15.7 Å². The van der Waals surface area contributed by atoms with Gasteiger partial charge in [0.15, 0.2) is 15.8 Å². The third kappa shape index (κ3) is 8.93. The Morgan fingerprint density at radius 1 is 1.09 bits per heavy atom. The lowest BCUT2D eigenvalue weighted by atomic mass is 9.84. The molecule has 2 aromatic carbocycles. The van der Waals surface area contributed by atoms with Crippen LogP contribution in [0.25, 0.3) is 0 Å². The normalized spacial score (nSPS) is 12.1. The molecule has 0 radical (unpaired) electrons. The maximum atomic E-state index is 13.8. The quantitative estimate of drug-likeness (QED) is 0.268. The summed E-state index contributed by atoms with van der Waals surface area (Å²) < 4.78 is 42.4. The molecule has 0 spiro atoms. The molecule has 0 bridgehead atoms. The highest BCUT2D eigenvalue weighted by Gasteiger charge is 2.21. The first-order valence-electron chi connectivity index (χ1n) is 10.2. The molecule has 32 heavy (non-hydrogen) atoms. The molecule has 0 aliphatic rings. The maximum Gasteiger partial charge on any atom is 0.191 e. The van der Waals surface area contributed by atoms with Crippen LogP contribution in [0, 0.1) is 5.82 Å². The standard InChI is InChI=1S/C23H32FN3O3S.HI/c1-6-25-22(27-16-23(2,3)19-8-11-21(30-4)12-9-19)26-14-18-13-20(24)10-7-17(18)15-31(5,28)29;/h7-13H,6,14-16H2,1-5H3,(H2,25,26,27);1H. The van der Waals surface area contributed by atoms with Crippen LogP contribution < -0.4 is 15.4 Å². The van der Waals surface area contributed by atoms with Crippen LogP contribution in [-0.2, 0) is 27.5 Å². The van der Waals surface area contributed by atoms with Crippen LogP contribution in [0.5, 0.6) is 5.75 Å². The van der Waals surface area contributed by atoms with Crippen LogP contribution in [0.4, 0.5) is 4.39 Å². The lowest BCUT2D eigenvalue weighted by molar-refractivity contribution is 0.414. The van der Waals surface area contributed by atoms with E-state index in [1.165, 1.54) is 18.2 Å². The number of sulfone groups is 1. The highest BCUT2D eigenvalue weighted by molar-refractivity contribution is 14.0. The number of hydrogen-bond acceptors (Lipinski definition) is 4. The van der Waals surface area contributed by atoms with Crippen molar-refractivity contribution in [3.8, 4) is 5.75 Å². The lowest BCUT2D eigenvalue weighted by Gasteiger charge is -2.27. The number of guanidine groups is 1. The van der Waals surface area contributed by atoms with Crippen LogP contribution in [0.1, 0.15) is 37.5 Å². The second-order valence-corrected chi connectivity index (χ2v) is 10.3. The van der Waals surface area contributed by atoms with Crippen molar-refractivity contribution in [1.82, 2.24) is 10.6 Å². The van der Waals surface area contributed by atoms with E-state index in [4.69, 9.17) is 4.74 Å². The average molecular weight is 578 g/mol. The molecule has 0 atom stereocenters. The Bertz CT molecular complexity index is 1010. The van der Waals surface area contributed by atoms with Gasteiger partial charge in [-0.3, -0.25) is 0 Å². The summed E-state index contributed by atoms with van der Waals surface area (Å²) in [7, 11) is -1.60. The maximum absolute atomic E-state index is 13.8. The van der Waals surface area contributed by atoms with Gasteiger partial charge in [0.25, 0.3) is 0 Å². The first kappa shape index (κ1) is 28.2. The van der Waals surface area contributed by atoms with E-state index in [2.05, 4.69) is 29.5 Å². The van der Waals surface area contributed by atoms with Gasteiger partial charge >= 0.3 is 0 Å². The molecule has 0 fully saturated rings. The molecule has 0 unspecified atom stereocenters. The Kier molecular flexibility index (Phi) is 10.9. The fourth-order valence-corrected chi connectivity index (χ4v) is 3.97. The van der Waals surface area contributed by atoms with Gasteiger partial charge in [0.2, 0.25) is 0 Å². The van der Waals surface area contributed by atoms with E-state index in [-0.39, 0.29) is 41.7 Å². The van der Waals surface area contributed by atoms with Crippen molar-refractivity contribution in [2.24, 2.45) is 4.99 Å². The molecule has 2 aromatic rings. The summed E-state index contributed by atoms with van der Waals surface area (Å²) in [5, 5.41) is 6.52. The minimum atomic E-state index is -3.24. The van der Waals surface area contributed by atoms with Crippen molar-refractivity contribution in [3.63, 3.8) is 0 Å². The number of methoxy groups -OCH3 is 1. The third-order valence-electron chi connectivity index (χ3n) is 4.91. The van der Waals surface area contributed by atoms with Gasteiger partial charge in [0.05, 0.1) is 19.4 Å². The van der Waals surface area contributed by atoms with Crippen molar-refractivity contribution in [2.45, 2.75) is 38.5 Å². The molecule has 178 valence electrons. The van der Waals surface area contributed by atoms with Gasteiger partial charge in [0, 0.05) is 24.8 Å². The van der Waals surface area contributed by atoms with Crippen LogP contribution in [0.15, 0.2) is 47.5 Å². The molecule has 9 heteroatoms. The Labute approximate surface area is 208 Å². The van der Waals surface area contributed by atoms with Crippen molar-refractivity contribution >= 4 is 39.8 Å². The summed E-state index contributed by atoms with van der Waals surface area (Å²) in [5.41, 5.74) is 2.08. The zero-order valence-corrected chi connectivity index (χ0v) is 22.4. The number of benzene rings is 2. The van der Waals surface area contributed by atoms with Gasteiger partial charge in [-0.2, -0.15) is 0 Å². The minimum absolute atomic E-state index is 0. The molecule has 0 aromatic heterocycles. The smallest absolute Gasteiger partial charge is 0.191 e. The second-order valence-electron chi connectivity index (χ2n) is 8.14. The Balaban J connectivity index is 0.00000512. The molecule has 0 amide bonds. The molecule has 0 aliphatic carbocycles. The van der Waals surface area contributed by atoms with Gasteiger partial charge < -0.3 is 15.4 Å². The molecule has 2 N–H and O–H groups in total. The number of nitrogens with one attached hydrogen (secondary N) is 2. The third-order valence-corrected chi connectivity index (χ3v) is 5.74. The van der Waals surface area contributed by atoms with E-state index in [1.54, 1.807) is 7.11 Å². The number of halogens is 2. The van der Waals surface area contributed by atoms with Gasteiger partial charge in [-0.1, -0.05) is 32.0 Å². The predicted molar refractivity (Wildman–Crippen MR) is 139 cm³/mol. The molecule has 6 nitrogen and oxygen atoms in total. The van der Waals surface area contributed by atoms with E-state index in [0.717, 1.165) is 17.6 Å². The summed E-state index contributed by atoms with van der Waals surface area (Å²) in [5.74, 6) is 0.828. The summed E-state index contributed by atoms with van der Waals surface area (Å²) in [6, 6.07) is 12.1. The van der Waals surface area contributed by atoms with Crippen molar-refractivity contribution in [2.75, 3.05) is 26.5 Å². The molecule has 0 saturated heterocycles. The van der Waals surface area contributed by atoms with E-state index in [0.29, 0.717) is 30.2 Å². The minimum Gasteiger partial charge on any atom is -0.497 e. The van der Waals surface area contributed by atoms with E-state index >= 15 is 0 Å². The summed E-state index contributed by atoms with van der Waals surface area (Å²) in [6.07, 6.45) is 1.16. The highest BCUT2D eigenvalue weighted by Crippen LogP contribution is 2.24. The fraction of sp³-hybridized carbons (Fsp3) is 0.435. The Morgan fingerprint density at radius 3 is 2.31 bits per heavy atom. The summed E-state index contributed by atoms with van der Waals surface area (Å²) >= 11 is 0. The van der Waals surface area contributed by atoms with Crippen molar-refractivity contribution in [3.05, 3.63) is 65.0 Å². The fourth-order valence-electron chi connectivity index (χ4n) is 3.12. The van der Waals surface area contributed by atoms with Crippen LogP contribution in [-0.4, -0.2) is 40.8 Å². The Morgan fingerprint density at radius 2 is 1.75 bits per heavy atom. The number of rotatable bonds is 9. The van der Waals surface area contributed by atoms with Gasteiger partial charge in [0.1, 0.15) is 11.6 Å². The van der Waals surface area contributed by atoms with E-state index in [1.807, 2.05) is 31.2 Å². The predicted octanol–water partition coefficient (Wildman–Crippen LogP) is 4.03. The highest BCUT2D eigenvalue weighted by atomic mass is 127. The van der Waals surface area contributed by atoms with Crippen molar-refractivity contribution < 1.29 is 17.5 Å². The number of aliphatic imine (C=N–C) groups is 1. The molecule has 0 aliphatic heterocycles.